The predicted octanol–water partition coefficient (Wildman–Crippen LogP) is 2.69. The van der Waals surface area contributed by atoms with Crippen LogP contribution >= 0.6 is 22.9 Å². The lowest BCUT2D eigenvalue weighted by atomic mass is 9.94. The number of methoxy groups -OCH3 is 1. The number of ether oxygens (including phenoxy) is 1. The van der Waals surface area contributed by atoms with Crippen molar-refractivity contribution in [3.63, 3.8) is 0 Å². The number of carbonyl (C=O) groups excluding carboxylic acids is 2. The molecule has 116 valence electrons. The van der Waals surface area contributed by atoms with E-state index < -0.39 is 11.4 Å². The van der Waals surface area contributed by atoms with Gasteiger partial charge in [0.15, 0.2) is 5.69 Å². The van der Waals surface area contributed by atoms with Gasteiger partial charge in [0.2, 0.25) is 5.91 Å². The Bertz CT molecular complexity index is 540. The summed E-state index contributed by atoms with van der Waals surface area (Å²) in [5.74, 6) is -0.141. The minimum Gasteiger partial charge on any atom is -0.464 e. The summed E-state index contributed by atoms with van der Waals surface area (Å²) in [5, 5.41) is 2.39. The summed E-state index contributed by atoms with van der Waals surface area (Å²) in [6.45, 7) is 4.12. The molecule has 1 heterocycles. The number of esters is 1. The normalized spacial score (nSPS) is 14.9. The van der Waals surface area contributed by atoms with E-state index in [-0.39, 0.29) is 23.5 Å². The monoisotopic (exact) mass is 330 g/mol. The lowest BCUT2D eigenvalue weighted by Gasteiger charge is -2.30. The number of hydrogen-bond donors (Lipinski definition) is 0. The molecule has 1 amide bonds. The van der Waals surface area contributed by atoms with E-state index in [2.05, 4.69) is 9.72 Å². The second kappa shape index (κ2) is 6.32. The van der Waals surface area contributed by atoms with Crippen molar-refractivity contribution < 1.29 is 14.3 Å². The molecule has 0 bridgehead atoms. The van der Waals surface area contributed by atoms with E-state index >= 15 is 0 Å². The molecule has 1 aromatic heterocycles. The smallest absolute Gasteiger partial charge is 0.357 e. The third-order valence-electron chi connectivity index (χ3n) is 3.41. The Labute approximate surface area is 133 Å². The number of nitrogens with zero attached hydrogens (tertiary/aromatic N) is 2. The van der Waals surface area contributed by atoms with Gasteiger partial charge in [-0.15, -0.1) is 22.9 Å². The molecule has 1 saturated carbocycles. The third-order valence-corrected chi connectivity index (χ3v) is 4.92. The fourth-order valence-electron chi connectivity index (χ4n) is 1.93. The highest BCUT2D eigenvalue weighted by Gasteiger charge is 2.39. The largest absolute Gasteiger partial charge is 0.464 e. The van der Waals surface area contributed by atoms with Crippen molar-refractivity contribution in [2.45, 2.75) is 39.3 Å². The number of aromatic nitrogens is 1. The molecule has 7 heteroatoms. The molecule has 1 aromatic rings. The van der Waals surface area contributed by atoms with E-state index in [0.717, 1.165) is 17.8 Å². The molecule has 0 N–H and O–H groups in total. The van der Waals surface area contributed by atoms with Crippen LogP contribution in [0, 0.1) is 5.41 Å². The first-order valence-electron chi connectivity index (χ1n) is 6.79. The standard InChI is InChI=1S/C14H19ClN2O3S/c1-14(2,8-15)13(19)17(9-4-5-9)6-11-16-10(7-21-11)12(18)20-3/h7,9H,4-6,8H2,1-3H3. The van der Waals surface area contributed by atoms with Gasteiger partial charge in [-0.3, -0.25) is 4.79 Å². The number of alkyl halides is 1. The zero-order valence-corrected chi connectivity index (χ0v) is 14.0. The van der Waals surface area contributed by atoms with Crippen molar-refractivity contribution in [3.8, 4) is 0 Å². The second-order valence-corrected chi connectivity index (χ2v) is 7.01. The number of hydrogen-bond acceptors (Lipinski definition) is 5. The molecule has 0 aromatic carbocycles. The van der Waals surface area contributed by atoms with Crippen LogP contribution in [-0.4, -0.2) is 40.8 Å². The topological polar surface area (TPSA) is 59.5 Å². The SMILES string of the molecule is COC(=O)c1csc(CN(C(=O)C(C)(C)CCl)C2CC2)n1. The van der Waals surface area contributed by atoms with Gasteiger partial charge < -0.3 is 9.64 Å². The van der Waals surface area contributed by atoms with Crippen LogP contribution < -0.4 is 0 Å². The molecule has 0 aliphatic heterocycles. The highest BCUT2D eigenvalue weighted by Crippen LogP contribution is 2.33. The molecule has 1 aliphatic rings. The quantitative estimate of drug-likeness (QED) is 0.594. The average Bonchev–Trinajstić information content (AvgIpc) is 3.21. The molecule has 1 aliphatic carbocycles. The molecule has 1 fully saturated rings. The van der Waals surface area contributed by atoms with Crippen molar-refractivity contribution in [1.82, 2.24) is 9.88 Å². The van der Waals surface area contributed by atoms with Crippen molar-refractivity contribution >= 4 is 34.8 Å². The van der Waals surface area contributed by atoms with Gasteiger partial charge in [-0.05, 0) is 26.7 Å². The zero-order chi connectivity index (χ0) is 15.6. The summed E-state index contributed by atoms with van der Waals surface area (Å²) in [6, 6.07) is 0.269. The van der Waals surface area contributed by atoms with E-state index in [4.69, 9.17) is 11.6 Å². The fraction of sp³-hybridized carbons (Fsp3) is 0.643. The number of halogens is 1. The fourth-order valence-corrected chi connectivity index (χ4v) is 2.80. The van der Waals surface area contributed by atoms with Crippen LogP contribution in [0.25, 0.3) is 0 Å². The Morgan fingerprint density at radius 1 is 1.52 bits per heavy atom. The van der Waals surface area contributed by atoms with Crippen LogP contribution in [0.5, 0.6) is 0 Å². The van der Waals surface area contributed by atoms with Crippen molar-refractivity contribution in [2.75, 3.05) is 13.0 Å². The van der Waals surface area contributed by atoms with E-state index in [0.29, 0.717) is 6.54 Å². The Morgan fingerprint density at radius 3 is 2.71 bits per heavy atom. The summed E-state index contributed by atoms with van der Waals surface area (Å²) < 4.78 is 4.64. The van der Waals surface area contributed by atoms with Crippen molar-refractivity contribution in [1.29, 1.82) is 0 Å². The van der Waals surface area contributed by atoms with Gasteiger partial charge in [-0.2, -0.15) is 0 Å². The maximum absolute atomic E-state index is 12.6. The summed E-state index contributed by atoms with van der Waals surface area (Å²) >= 11 is 7.27. The van der Waals surface area contributed by atoms with Gasteiger partial charge in [0.05, 0.1) is 19.1 Å². The van der Waals surface area contributed by atoms with Crippen LogP contribution in [0.15, 0.2) is 5.38 Å². The van der Waals surface area contributed by atoms with Gasteiger partial charge in [0.1, 0.15) is 5.01 Å². The minimum atomic E-state index is -0.591. The lowest BCUT2D eigenvalue weighted by molar-refractivity contribution is -0.140. The number of amides is 1. The van der Waals surface area contributed by atoms with E-state index in [1.807, 2.05) is 18.7 Å². The molecular weight excluding hydrogens is 312 g/mol. The van der Waals surface area contributed by atoms with Crippen LogP contribution in [0.2, 0.25) is 0 Å². The second-order valence-electron chi connectivity index (χ2n) is 5.80. The van der Waals surface area contributed by atoms with Crippen molar-refractivity contribution in [2.24, 2.45) is 5.41 Å². The average molecular weight is 331 g/mol. The lowest BCUT2D eigenvalue weighted by Crippen LogP contribution is -2.42. The van der Waals surface area contributed by atoms with Gasteiger partial charge in [0.25, 0.3) is 0 Å². The first-order valence-corrected chi connectivity index (χ1v) is 8.20. The molecule has 0 saturated heterocycles. The van der Waals surface area contributed by atoms with E-state index in [1.54, 1.807) is 5.38 Å². The summed E-state index contributed by atoms with van der Waals surface area (Å²) in [5.41, 5.74) is -0.302. The van der Waals surface area contributed by atoms with Gasteiger partial charge >= 0.3 is 5.97 Å². The number of carbonyl (C=O) groups is 2. The first kappa shape index (κ1) is 16.2. The Morgan fingerprint density at radius 2 is 2.19 bits per heavy atom. The van der Waals surface area contributed by atoms with Gasteiger partial charge in [0, 0.05) is 17.3 Å². The Balaban J connectivity index is 2.12. The Kier molecular flexibility index (Phi) is 4.88. The van der Waals surface area contributed by atoms with Crippen LogP contribution in [0.4, 0.5) is 0 Å². The summed E-state index contributed by atoms with van der Waals surface area (Å²) in [7, 11) is 1.32. The van der Waals surface area contributed by atoms with Crippen LogP contribution in [-0.2, 0) is 16.1 Å². The van der Waals surface area contributed by atoms with Crippen LogP contribution in [0.1, 0.15) is 42.2 Å². The third kappa shape index (κ3) is 3.74. The van der Waals surface area contributed by atoms with Crippen molar-refractivity contribution in [3.05, 3.63) is 16.1 Å². The van der Waals surface area contributed by atoms with Crippen LogP contribution in [0.3, 0.4) is 0 Å². The molecular formula is C14H19ClN2O3S. The molecule has 0 atom stereocenters. The maximum atomic E-state index is 12.6. The molecule has 2 rings (SSSR count). The maximum Gasteiger partial charge on any atom is 0.357 e. The summed E-state index contributed by atoms with van der Waals surface area (Å²) in [6.07, 6.45) is 2.03. The van der Waals surface area contributed by atoms with E-state index in [9.17, 15) is 9.59 Å². The molecule has 0 radical (unpaired) electrons. The molecule has 21 heavy (non-hydrogen) atoms. The van der Waals surface area contributed by atoms with Gasteiger partial charge in [-0.1, -0.05) is 0 Å². The van der Waals surface area contributed by atoms with E-state index in [1.165, 1.54) is 18.4 Å². The summed E-state index contributed by atoms with van der Waals surface area (Å²) in [4.78, 5) is 30.1. The molecule has 5 nitrogen and oxygen atoms in total. The highest BCUT2D eigenvalue weighted by atomic mass is 35.5. The minimum absolute atomic E-state index is 0.0369. The molecule has 0 spiro atoms. The number of thiazole rings is 1. The predicted molar refractivity (Wildman–Crippen MR) is 81.5 cm³/mol. The number of rotatable bonds is 6. The highest BCUT2D eigenvalue weighted by molar-refractivity contribution is 7.09. The van der Waals surface area contributed by atoms with Gasteiger partial charge in [-0.25, -0.2) is 9.78 Å². The molecule has 0 unspecified atom stereocenters. The zero-order valence-electron chi connectivity index (χ0n) is 12.4. The Hall–Kier alpha value is -1.14. The first-order chi connectivity index (χ1) is 9.89.